The van der Waals surface area contributed by atoms with E-state index in [-0.39, 0.29) is 0 Å². The first-order chi connectivity index (χ1) is 8.29. The van der Waals surface area contributed by atoms with Crippen LogP contribution in [-0.4, -0.2) is 16.5 Å². The summed E-state index contributed by atoms with van der Waals surface area (Å²) in [7, 11) is 0. The van der Waals surface area contributed by atoms with Crippen LogP contribution in [0, 0.1) is 11.3 Å². The molecule has 0 unspecified atom stereocenters. The lowest BCUT2D eigenvalue weighted by Gasteiger charge is -2.06. The smallest absolute Gasteiger partial charge is 0.101 e. The number of aromatic amines is 1. The summed E-state index contributed by atoms with van der Waals surface area (Å²) in [5, 5.41) is 12.4. The standard InChI is InChI=1S/C12H11ClN4/c13-12-5-10(2-1-9(12)6-14)16-4-3-11-7-15-8-17-11/h1-2,5,7-8,16H,3-4H2,(H,15,17). The maximum absolute atomic E-state index is 8.74. The van der Waals surface area contributed by atoms with Gasteiger partial charge in [0.05, 0.1) is 16.9 Å². The van der Waals surface area contributed by atoms with E-state index in [1.165, 1.54) is 0 Å². The van der Waals surface area contributed by atoms with E-state index >= 15 is 0 Å². The number of aromatic nitrogens is 2. The highest BCUT2D eigenvalue weighted by Gasteiger charge is 2.00. The molecular formula is C12H11ClN4. The first-order valence-electron chi connectivity index (χ1n) is 5.20. The van der Waals surface area contributed by atoms with Crippen molar-refractivity contribution in [2.75, 3.05) is 11.9 Å². The van der Waals surface area contributed by atoms with E-state index in [1.807, 2.05) is 12.1 Å². The molecule has 86 valence electrons. The SMILES string of the molecule is N#Cc1ccc(NCCc2cnc[nH]2)cc1Cl. The molecule has 0 spiro atoms. The van der Waals surface area contributed by atoms with Gasteiger partial charge in [0, 0.05) is 30.5 Å². The molecule has 2 aromatic rings. The van der Waals surface area contributed by atoms with Gasteiger partial charge in [-0.25, -0.2) is 4.98 Å². The average Bonchev–Trinajstić information content (AvgIpc) is 2.82. The fraction of sp³-hybridized carbons (Fsp3) is 0.167. The fourth-order valence-corrected chi connectivity index (χ4v) is 1.70. The van der Waals surface area contributed by atoms with Gasteiger partial charge < -0.3 is 10.3 Å². The van der Waals surface area contributed by atoms with E-state index < -0.39 is 0 Å². The Balaban J connectivity index is 1.91. The molecule has 0 aliphatic heterocycles. The fourth-order valence-electron chi connectivity index (χ4n) is 1.48. The molecule has 17 heavy (non-hydrogen) atoms. The van der Waals surface area contributed by atoms with Crippen molar-refractivity contribution in [3.05, 3.63) is 47.0 Å². The van der Waals surface area contributed by atoms with E-state index in [1.54, 1.807) is 24.7 Å². The zero-order valence-corrected chi connectivity index (χ0v) is 9.83. The van der Waals surface area contributed by atoms with Gasteiger partial charge in [0.25, 0.3) is 0 Å². The van der Waals surface area contributed by atoms with Gasteiger partial charge in [0.1, 0.15) is 6.07 Å². The monoisotopic (exact) mass is 246 g/mol. The highest BCUT2D eigenvalue weighted by Crippen LogP contribution is 2.19. The van der Waals surface area contributed by atoms with Gasteiger partial charge in [0.2, 0.25) is 0 Å². The number of halogens is 1. The van der Waals surface area contributed by atoms with Crippen LogP contribution in [0.25, 0.3) is 0 Å². The van der Waals surface area contributed by atoms with Gasteiger partial charge in [-0.3, -0.25) is 0 Å². The largest absolute Gasteiger partial charge is 0.385 e. The molecule has 1 aromatic carbocycles. The second-order valence-corrected chi connectivity index (χ2v) is 3.97. The summed E-state index contributed by atoms with van der Waals surface area (Å²) >= 11 is 5.93. The molecule has 0 fully saturated rings. The van der Waals surface area contributed by atoms with Gasteiger partial charge in [0.15, 0.2) is 0 Å². The first-order valence-corrected chi connectivity index (χ1v) is 5.58. The third-order valence-corrected chi connectivity index (χ3v) is 2.68. The average molecular weight is 247 g/mol. The Kier molecular flexibility index (Phi) is 3.63. The van der Waals surface area contributed by atoms with Crippen molar-refractivity contribution < 1.29 is 0 Å². The van der Waals surface area contributed by atoms with Gasteiger partial charge in [-0.15, -0.1) is 0 Å². The van der Waals surface area contributed by atoms with Crippen LogP contribution in [-0.2, 0) is 6.42 Å². The topological polar surface area (TPSA) is 64.5 Å². The second kappa shape index (κ2) is 5.37. The minimum Gasteiger partial charge on any atom is -0.385 e. The molecule has 0 aliphatic carbocycles. The van der Waals surface area contributed by atoms with Gasteiger partial charge in [-0.1, -0.05) is 11.6 Å². The number of hydrogen-bond donors (Lipinski definition) is 2. The molecule has 0 saturated heterocycles. The van der Waals surface area contributed by atoms with Crippen LogP contribution in [0.4, 0.5) is 5.69 Å². The lowest BCUT2D eigenvalue weighted by molar-refractivity contribution is 0.977. The van der Waals surface area contributed by atoms with Crippen molar-refractivity contribution in [1.29, 1.82) is 5.26 Å². The summed E-state index contributed by atoms with van der Waals surface area (Å²) in [6.07, 6.45) is 4.32. The number of imidazole rings is 1. The van der Waals surface area contributed by atoms with Crippen molar-refractivity contribution >= 4 is 17.3 Å². The first kappa shape index (κ1) is 11.5. The second-order valence-electron chi connectivity index (χ2n) is 3.56. The molecule has 2 N–H and O–H groups in total. The van der Waals surface area contributed by atoms with Crippen LogP contribution in [0.5, 0.6) is 0 Å². The number of rotatable bonds is 4. The molecule has 0 radical (unpaired) electrons. The molecule has 4 nitrogen and oxygen atoms in total. The van der Waals surface area contributed by atoms with Gasteiger partial charge in [-0.05, 0) is 18.2 Å². The third kappa shape index (κ3) is 2.99. The maximum Gasteiger partial charge on any atom is 0.101 e. The van der Waals surface area contributed by atoms with Crippen LogP contribution in [0.15, 0.2) is 30.7 Å². The number of hydrogen-bond acceptors (Lipinski definition) is 3. The molecule has 0 amide bonds. The summed E-state index contributed by atoms with van der Waals surface area (Å²) in [6, 6.07) is 7.34. The van der Waals surface area contributed by atoms with Crippen molar-refractivity contribution in [3.8, 4) is 6.07 Å². The van der Waals surface area contributed by atoms with Gasteiger partial charge >= 0.3 is 0 Å². The number of anilines is 1. The minimum atomic E-state index is 0.471. The predicted molar refractivity (Wildman–Crippen MR) is 66.9 cm³/mol. The van der Waals surface area contributed by atoms with Gasteiger partial charge in [-0.2, -0.15) is 5.26 Å². The van der Waals surface area contributed by atoms with Crippen LogP contribution in [0.3, 0.4) is 0 Å². The quantitative estimate of drug-likeness (QED) is 0.872. The summed E-state index contributed by atoms with van der Waals surface area (Å²) < 4.78 is 0. The number of benzene rings is 1. The van der Waals surface area contributed by atoms with Crippen molar-refractivity contribution in [3.63, 3.8) is 0 Å². The number of nitrogens with one attached hydrogen (secondary N) is 2. The number of nitrogens with zero attached hydrogens (tertiary/aromatic N) is 2. The van der Waals surface area contributed by atoms with E-state index in [0.29, 0.717) is 10.6 Å². The minimum absolute atomic E-state index is 0.471. The Hall–Kier alpha value is -1.99. The molecule has 2 rings (SSSR count). The molecular weight excluding hydrogens is 236 g/mol. The summed E-state index contributed by atoms with van der Waals surface area (Å²) in [5.74, 6) is 0. The van der Waals surface area contributed by atoms with Crippen molar-refractivity contribution in [2.45, 2.75) is 6.42 Å². The lowest BCUT2D eigenvalue weighted by atomic mass is 10.2. The highest BCUT2D eigenvalue weighted by molar-refractivity contribution is 6.32. The number of H-pyrrole nitrogens is 1. The lowest BCUT2D eigenvalue weighted by Crippen LogP contribution is -2.05. The Labute approximate surface area is 104 Å². The third-order valence-electron chi connectivity index (χ3n) is 2.37. The molecule has 0 atom stereocenters. The van der Waals surface area contributed by atoms with Crippen LogP contribution >= 0.6 is 11.6 Å². The zero-order valence-electron chi connectivity index (χ0n) is 9.07. The molecule has 5 heteroatoms. The zero-order chi connectivity index (χ0) is 12.1. The van der Waals surface area contributed by atoms with Crippen LogP contribution in [0.2, 0.25) is 5.02 Å². The molecule has 0 aliphatic rings. The molecule has 1 aromatic heterocycles. The Morgan fingerprint density at radius 1 is 1.47 bits per heavy atom. The Bertz CT molecular complexity index is 528. The highest BCUT2D eigenvalue weighted by atomic mass is 35.5. The normalized spacial score (nSPS) is 9.88. The van der Waals surface area contributed by atoms with E-state index in [2.05, 4.69) is 15.3 Å². The predicted octanol–water partition coefficient (Wildman–Crippen LogP) is 2.59. The number of nitriles is 1. The maximum atomic E-state index is 8.74. The molecule has 1 heterocycles. The Morgan fingerprint density at radius 3 is 3.00 bits per heavy atom. The van der Waals surface area contributed by atoms with E-state index in [9.17, 15) is 0 Å². The summed E-state index contributed by atoms with van der Waals surface area (Å²) in [4.78, 5) is 6.98. The van der Waals surface area contributed by atoms with Crippen LogP contribution < -0.4 is 5.32 Å². The summed E-state index contributed by atoms with van der Waals surface area (Å²) in [6.45, 7) is 0.782. The molecule has 0 bridgehead atoms. The molecule has 0 saturated carbocycles. The van der Waals surface area contributed by atoms with E-state index in [4.69, 9.17) is 16.9 Å². The van der Waals surface area contributed by atoms with Crippen molar-refractivity contribution in [1.82, 2.24) is 9.97 Å². The van der Waals surface area contributed by atoms with Crippen molar-refractivity contribution in [2.24, 2.45) is 0 Å². The summed E-state index contributed by atoms with van der Waals surface area (Å²) in [5.41, 5.74) is 2.48. The van der Waals surface area contributed by atoms with E-state index in [0.717, 1.165) is 24.3 Å². The Morgan fingerprint density at radius 2 is 2.35 bits per heavy atom. The van der Waals surface area contributed by atoms with Crippen LogP contribution in [0.1, 0.15) is 11.3 Å².